The summed E-state index contributed by atoms with van der Waals surface area (Å²) in [5.41, 5.74) is 1.95. The number of anilines is 3. The van der Waals surface area contributed by atoms with E-state index < -0.39 is 21.1 Å². The van der Waals surface area contributed by atoms with Crippen LogP contribution in [0.25, 0.3) is 0 Å². The fourth-order valence-corrected chi connectivity index (χ4v) is 4.76. The van der Waals surface area contributed by atoms with E-state index in [4.69, 9.17) is 11.6 Å². The number of para-hydroxylation sites is 1. The second kappa shape index (κ2) is 6.35. The van der Waals surface area contributed by atoms with Gasteiger partial charge < -0.3 is 15.7 Å². The highest BCUT2D eigenvalue weighted by Crippen LogP contribution is 2.49. The van der Waals surface area contributed by atoms with Crippen LogP contribution in [0.15, 0.2) is 40.9 Å². The smallest absolute Gasteiger partial charge is 0.242 e. The molecule has 0 saturated heterocycles. The molecule has 0 amide bonds. The van der Waals surface area contributed by atoms with E-state index >= 15 is 0 Å². The van der Waals surface area contributed by atoms with E-state index in [0.717, 1.165) is 4.47 Å². The molecule has 1 atom stereocenters. The van der Waals surface area contributed by atoms with E-state index in [1.54, 1.807) is 32.0 Å². The molecule has 0 spiro atoms. The second-order valence-corrected chi connectivity index (χ2v) is 9.62. The minimum absolute atomic E-state index is 0.352. The lowest BCUT2D eigenvalue weighted by molar-refractivity contribution is 0.233. The summed E-state index contributed by atoms with van der Waals surface area (Å²) in [5.74, 6) is 0. The van der Waals surface area contributed by atoms with Gasteiger partial charge in [-0.3, -0.25) is 4.72 Å². The first-order chi connectivity index (χ1) is 11.6. The van der Waals surface area contributed by atoms with Gasteiger partial charge >= 0.3 is 0 Å². The van der Waals surface area contributed by atoms with Crippen LogP contribution in [0.5, 0.6) is 0 Å². The van der Waals surface area contributed by atoms with Crippen molar-refractivity contribution in [3.8, 4) is 0 Å². The summed E-state index contributed by atoms with van der Waals surface area (Å²) < 4.78 is 26.9. The van der Waals surface area contributed by atoms with Crippen molar-refractivity contribution in [2.75, 3.05) is 15.4 Å². The van der Waals surface area contributed by atoms with E-state index in [0.29, 0.717) is 27.6 Å². The zero-order chi connectivity index (χ0) is 18.4. The predicted octanol–water partition coefficient (Wildman–Crippen LogP) is 3.89. The van der Waals surface area contributed by atoms with Crippen LogP contribution in [0, 0.1) is 0 Å². The van der Waals surface area contributed by atoms with Crippen molar-refractivity contribution in [3.05, 3.63) is 51.5 Å². The molecule has 0 aromatic heterocycles. The Morgan fingerprint density at radius 3 is 2.48 bits per heavy atom. The van der Waals surface area contributed by atoms with Crippen LogP contribution in [-0.2, 0) is 14.8 Å². The van der Waals surface area contributed by atoms with Crippen LogP contribution in [0.3, 0.4) is 0 Å². The van der Waals surface area contributed by atoms with Crippen LogP contribution < -0.4 is 15.4 Å². The molecule has 134 valence electrons. The number of aliphatic hydroxyl groups excluding tert-OH is 1. The Labute approximate surface area is 159 Å². The molecule has 3 rings (SSSR count). The van der Waals surface area contributed by atoms with Gasteiger partial charge in [-0.15, -0.1) is 0 Å². The topological polar surface area (TPSA) is 90.5 Å². The van der Waals surface area contributed by atoms with Gasteiger partial charge in [0.2, 0.25) is 16.4 Å². The second-order valence-electron chi connectivity index (χ2n) is 6.13. The molecule has 1 aliphatic heterocycles. The van der Waals surface area contributed by atoms with Crippen LogP contribution >= 0.6 is 27.5 Å². The minimum atomic E-state index is -3.61. The molecule has 0 saturated carbocycles. The Bertz CT molecular complexity index is 934. The molecule has 4 N–H and O–H groups in total. The average molecular weight is 447 g/mol. The van der Waals surface area contributed by atoms with E-state index in [-0.39, 0.29) is 0 Å². The van der Waals surface area contributed by atoms with Gasteiger partial charge in [0.25, 0.3) is 0 Å². The van der Waals surface area contributed by atoms with E-state index in [1.807, 2.05) is 18.2 Å². The van der Waals surface area contributed by atoms with Crippen molar-refractivity contribution in [2.45, 2.75) is 24.9 Å². The third-order valence-corrected chi connectivity index (χ3v) is 7.15. The summed E-state index contributed by atoms with van der Waals surface area (Å²) in [6.45, 7) is 3.18. The highest BCUT2D eigenvalue weighted by molar-refractivity contribution is 9.10. The number of sulfonamides is 1. The first-order valence-corrected chi connectivity index (χ1v) is 10.1. The molecule has 1 heterocycles. The monoisotopic (exact) mass is 445 g/mol. The van der Waals surface area contributed by atoms with Gasteiger partial charge in [0, 0.05) is 15.1 Å². The van der Waals surface area contributed by atoms with Crippen molar-refractivity contribution in [1.82, 2.24) is 0 Å². The van der Waals surface area contributed by atoms with Crippen molar-refractivity contribution < 1.29 is 13.5 Å². The molecule has 6 nitrogen and oxygen atoms in total. The Hall–Kier alpha value is -1.48. The van der Waals surface area contributed by atoms with Crippen LogP contribution in [-0.4, -0.2) is 19.9 Å². The van der Waals surface area contributed by atoms with E-state index in [1.165, 1.54) is 0 Å². The summed E-state index contributed by atoms with van der Waals surface area (Å²) in [6, 6.07) is 10.6. The molecule has 0 fully saturated rings. The zero-order valence-corrected chi connectivity index (χ0v) is 16.6. The van der Waals surface area contributed by atoms with Crippen molar-refractivity contribution in [2.24, 2.45) is 0 Å². The van der Waals surface area contributed by atoms with Crippen molar-refractivity contribution >= 4 is 54.6 Å². The van der Waals surface area contributed by atoms with Gasteiger partial charge in [0.1, 0.15) is 4.75 Å². The number of benzene rings is 2. The minimum Gasteiger partial charge on any atom is -0.357 e. The number of halogens is 2. The highest BCUT2D eigenvalue weighted by atomic mass is 79.9. The summed E-state index contributed by atoms with van der Waals surface area (Å²) in [7, 11) is -3.61. The lowest BCUT2D eigenvalue weighted by Crippen LogP contribution is -2.28. The Morgan fingerprint density at radius 2 is 1.80 bits per heavy atom. The maximum Gasteiger partial charge on any atom is 0.242 e. The van der Waals surface area contributed by atoms with E-state index in [9.17, 15) is 13.5 Å². The van der Waals surface area contributed by atoms with Crippen LogP contribution in [0.2, 0.25) is 5.02 Å². The molecule has 2 aromatic carbocycles. The van der Waals surface area contributed by atoms with Gasteiger partial charge in [-0.05, 0) is 54.0 Å². The molecule has 9 heteroatoms. The maximum absolute atomic E-state index is 12.4. The van der Waals surface area contributed by atoms with Crippen LogP contribution in [0.1, 0.15) is 19.4 Å². The zero-order valence-electron chi connectivity index (χ0n) is 13.5. The maximum atomic E-state index is 12.4. The third-order valence-electron chi connectivity index (χ3n) is 4.12. The Balaban J connectivity index is 1.91. The normalized spacial score (nSPS) is 18.1. The van der Waals surface area contributed by atoms with Crippen molar-refractivity contribution in [1.29, 1.82) is 0 Å². The molecule has 0 aliphatic carbocycles. The van der Waals surface area contributed by atoms with Gasteiger partial charge in [-0.2, -0.15) is 0 Å². The number of nitrogens with one attached hydrogen (secondary N) is 3. The summed E-state index contributed by atoms with van der Waals surface area (Å²) >= 11 is 9.61. The molecule has 1 aliphatic rings. The largest absolute Gasteiger partial charge is 0.357 e. The number of aliphatic hydroxyl groups is 1. The van der Waals surface area contributed by atoms with Gasteiger partial charge in [-0.25, -0.2) is 8.42 Å². The van der Waals surface area contributed by atoms with Gasteiger partial charge in [-0.1, -0.05) is 23.7 Å². The van der Waals surface area contributed by atoms with Crippen LogP contribution in [0.4, 0.5) is 17.1 Å². The first kappa shape index (κ1) is 18.3. The van der Waals surface area contributed by atoms with Crippen molar-refractivity contribution in [3.63, 3.8) is 0 Å². The summed E-state index contributed by atoms with van der Waals surface area (Å²) in [5, 5.41) is 16.4. The lowest BCUT2D eigenvalue weighted by atomic mass is 9.99. The summed E-state index contributed by atoms with van der Waals surface area (Å²) in [4.78, 5) is 0. The quantitative estimate of drug-likeness (QED) is 0.535. The lowest BCUT2D eigenvalue weighted by Gasteiger charge is -2.20. The first-order valence-electron chi connectivity index (χ1n) is 7.44. The number of hydrogen-bond acceptors (Lipinski definition) is 5. The molecular weight excluding hydrogens is 430 g/mol. The fraction of sp³-hybridized carbons (Fsp3) is 0.250. The molecule has 2 aromatic rings. The molecule has 0 bridgehead atoms. The fourth-order valence-electron chi connectivity index (χ4n) is 2.70. The SMILES string of the molecule is CC1(C)c2c(Cl)ccc(NC(O)Nc3ccccc3Br)c2NS1(=O)=O. The third kappa shape index (κ3) is 3.19. The molecule has 1 unspecified atom stereocenters. The van der Waals surface area contributed by atoms with Gasteiger partial charge in [0.15, 0.2) is 0 Å². The number of hydrogen-bond donors (Lipinski definition) is 4. The standard InChI is InChI=1S/C16H17BrClN3O3S/c1-16(2)13-10(18)7-8-12(14(13)21-25(16,23)24)20-15(22)19-11-6-4-3-5-9(11)17/h3-8,15,19-22H,1-2H3. The average Bonchev–Trinajstić information content (AvgIpc) is 2.71. The molecule has 0 radical (unpaired) electrons. The molecule has 25 heavy (non-hydrogen) atoms. The number of fused-ring (bicyclic) bond motifs is 1. The number of rotatable bonds is 4. The summed E-state index contributed by atoms with van der Waals surface area (Å²) in [6.07, 6.45) is -1.14. The Kier molecular flexibility index (Phi) is 4.65. The molecular formula is C16H17BrClN3O3S. The predicted molar refractivity (Wildman–Crippen MR) is 104 cm³/mol. The van der Waals surface area contributed by atoms with Gasteiger partial charge in [0.05, 0.1) is 17.1 Å². The van der Waals surface area contributed by atoms with E-state index in [2.05, 4.69) is 31.3 Å². The highest BCUT2D eigenvalue weighted by Gasteiger charge is 2.46. The Morgan fingerprint density at radius 1 is 1.16 bits per heavy atom.